The van der Waals surface area contributed by atoms with Crippen LogP contribution in [-0.2, 0) is 30.4 Å². The van der Waals surface area contributed by atoms with Crippen LogP contribution >= 0.6 is 24.4 Å². The molecule has 0 aliphatic rings. The number of H-pyrrole nitrogens is 1. The van der Waals surface area contributed by atoms with Gasteiger partial charge in [-0.1, -0.05) is 18.2 Å². The number of para-hydroxylation sites is 1. The minimum absolute atomic E-state index is 0.00352. The summed E-state index contributed by atoms with van der Waals surface area (Å²) in [7, 11) is 0. The van der Waals surface area contributed by atoms with Gasteiger partial charge in [0, 0.05) is 35.7 Å². The maximum absolute atomic E-state index is 13.0. The lowest BCUT2D eigenvalue weighted by Crippen LogP contribution is -2.58. The van der Waals surface area contributed by atoms with Gasteiger partial charge in [-0.15, -0.1) is 0 Å². The third kappa shape index (κ3) is 9.26. The molecule has 4 atom stereocenters. The molecule has 0 saturated heterocycles. The summed E-state index contributed by atoms with van der Waals surface area (Å²) in [6, 6.07) is 2.81. The van der Waals surface area contributed by atoms with E-state index < -0.39 is 53.8 Å². The molecule has 0 spiro atoms. The molecule has 14 heteroatoms. The van der Waals surface area contributed by atoms with Crippen molar-refractivity contribution in [2.75, 3.05) is 17.8 Å². The van der Waals surface area contributed by atoms with E-state index in [1.807, 2.05) is 30.5 Å². The summed E-state index contributed by atoms with van der Waals surface area (Å²) in [5.41, 5.74) is 12.6. The molecule has 0 fully saturated rings. The Kier molecular flexibility index (Phi) is 12.4. The van der Waals surface area contributed by atoms with E-state index >= 15 is 0 Å². The van der Waals surface area contributed by atoms with Crippen LogP contribution in [0.25, 0.3) is 10.9 Å². The Morgan fingerprint density at radius 3 is 2.26 bits per heavy atom. The van der Waals surface area contributed by atoms with Gasteiger partial charge in [-0.05, 0) is 36.5 Å². The molecular formula is C24H34N6O6S2. The summed E-state index contributed by atoms with van der Waals surface area (Å²) in [5, 5.41) is 18.0. The Hall–Kier alpha value is -3.23. The first-order valence-corrected chi connectivity index (χ1v) is 13.9. The summed E-state index contributed by atoms with van der Waals surface area (Å²) in [6.45, 7) is 0. The summed E-state index contributed by atoms with van der Waals surface area (Å²) in [4.78, 5) is 64.6. The van der Waals surface area contributed by atoms with Crippen molar-refractivity contribution < 1.29 is 29.1 Å². The first kappa shape index (κ1) is 31.0. The lowest BCUT2D eigenvalue weighted by Gasteiger charge is -2.24. The predicted molar refractivity (Wildman–Crippen MR) is 149 cm³/mol. The number of thioether (sulfide) groups is 1. The van der Waals surface area contributed by atoms with Crippen LogP contribution < -0.4 is 27.4 Å². The lowest BCUT2D eigenvalue weighted by atomic mass is 10.0. The van der Waals surface area contributed by atoms with Crippen molar-refractivity contribution >= 4 is 64.9 Å². The van der Waals surface area contributed by atoms with Crippen molar-refractivity contribution in [2.45, 2.75) is 49.9 Å². The summed E-state index contributed by atoms with van der Waals surface area (Å²) in [6.07, 6.45) is 3.63. The fourth-order valence-corrected chi connectivity index (χ4v) is 4.42. The van der Waals surface area contributed by atoms with Crippen LogP contribution in [0.5, 0.6) is 0 Å². The predicted octanol–water partition coefficient (Wildman–Crippen LogP) is -0.475. The molecular weight excluding hydrogens is 532 g/mol. The number of carbonyl (C=O) groups is 5. The van der Waals surface area contributed by atoms with Crippen LogP contribution in [0.4, 0.5) is 0 Å². The van der Waals surface area contributed by atoms with Gasteiger partial charge in [0.15, 0.2) is 0 Å². The van der Waals surface area contributed by atoms with Crippen LogP contribution in [0.2, 0.25) is 0 Å². The van der Waals surface area contributed by atoms with E-state index in [-0.39, 0.29) is 25.0 Å². The number of fused-ring (bicyclic) bond motifs is 1. The first-order valence-electron chi connectivity index (χ1n) is 11.9. The largest absolute Gasteiger partial charge is 0.480 e. The zero-order valence-electron chi connectivity index (χ0n) is 20.9. The third-order valence-electron chi connectivity index (χ3n) is 5.81. The molecule has 1 aromatic heterocycles. The van der Waals surface area contributed by atoms with E-state index in [2.05, 4.69) is 33.6 Å². The monoisotopic (exact) mass is 566 g/mol. The number of thiol groups is 1. The van der Waals surface area contributed by atoms with Gasteiger partial charge in [0.1, 0.15) is 18.1 Å². The molecule has 9 N–H and O–H groups in total. The molecule has 12 nitrogen and oxygen atoms in total. The molecule has 0 saturated carbocycles. The number of primary amides is 1. The fraction of sp³-hybridized carbons (Fsp3) is 0.458. The number of hydrogen-bond donors (Lipinski definition) is 8. The zero-order chi connectivity index (χ0) is 28.2. The molecule has 1 heterocycles. The number of nitrogens with one attached hydrogen (secondary N) is 4. The Bertz CT molecular complexity index is 1140. The van der Waals surface area contributed by atoms with Gasteiger partial charge in [-0.3, -0.25) is 19.2 Å². The highest BCUT2D eigenvalue weighted by Gasteiger charge is 2.30. The number of aliphatic carboxylic acids is 1. The van der Waals surface area contributed by atoms with Gasteiger partial charge in [0.05, 0.1) is 6.04 Å². The number of carbonyl (C=O) groups excluding carboxylic acids is 4. The molecule has 0 aliphatic heterocycles. The van der Waals surface area contributed by atoms with Crippen LogP contribution in [0.1, 0.15) is 24.8 Å². The van der Waals surface area contributed by atoms with Crippen molar-refractivity contribution in [3.63, 3.8) is 0 Å². The summed E-state index contributed by atoms with van der Waals surface area (Å²) >= 11 is 5.64. The molecule has 208 valence electrons. The van der Waals surface area contributed by atoms with Crippen LogP contribution in [0.3, 0.4) is 0 Å². The minimum atomic E-state index is -1.28. The minimum Gasteiger partial charge on any atom is -0.480 e. The highest BCUT2D eigenvalue weighted by atomic mass is 32.2. The van der Waals surface area contributed by atoms with Crippen molar-refractivity contribution in [1.82, 2.24) is 20.9 Å². The molecule has 2 rings (SSSR count). The molecule has 1 aromatic carbocycles. The number of nitrogens with two attached hydrogens (primary N) is 2. The number of amides is 4. The molecule has 38 heavy (non-hydrogen) atoms. The number of rotatable bonds is 16. The van der Waals surface area contributed by atoms with Crippen LogP contribution in [0.15, 0.2) is 30.5 Å². The van der Waals surface area contributed by atoms with Crippen LogP contribution in [-0.4, -0.2) is 81.6 Å². The van der Waals surface area contributed by atoms with Gasteiger partial charge in [0.2, 0.25) is 23.6 Å². The maximum atomic E-state index is 13.0. The first-order chi connectivity index (χ1) is 18.1. The Balaban J connectivity index is 2.09. The Morgan fingerprint density at radius 1 is 1.00 bits per heavy atom. The van der Waals surface area contributed by atoms with Crippen molar-refractivity contribution in [1.29, 1.82) is 0 Å². The van der Waals surface area contributed by atoms with Gasteiger partial charge in [0.25, 0.3) is 0 Å². The third-order valence-corrected chi connectivity index (χ3v) is 6.82. The van der Waals surface area contributed by atoms with Crippen LogP contribution in [0, 0.1) is 0 Å². The number of hydrogen-bond acceptors (Lipinski definition) is 8. The SMILES string of the molecule is CSCCC(N)C(=O)NC(CCC(N)=O)C(=O)NC(CS)C(=O)NC(Cc1c[nH]c2ccccc12)C(=O)O. The van der Waals surface area contributed by atoms with Gasteiger partial charge in [-0.2, -0.15) is 24.4 Å². The smallest absolute Gasteiger partial charge is 0.326 e. The molecule has 0 bridgehead atoms. The average Bonchev–Trinajstić information content (AvgIpc) is 3.29. The summed E-state index contributed by atoms with van der Waals surface area (Å²) in [5.74, 6) is -3.54. The second kappa shape index (κ2) is 15.2. The molecule has 0 aliphatic carbocycles. The standard InChI is InChI=1S/C24H34N6O6S2/c1-38-9-8-15(25)21(32)28-17(6-7-20(26)31)22(33)30-19(12-37)23(34)29-18(24(35)36)10-13-11-27-16-5-3-2-4-14(13)16/h2-5,11,15,17-19,27,37H,6-10,12,25H2,1H3,(H2,26,31)(H,28,32)(H,29,34)(H,30,33)(H,35,36). The highest BCUT2D eigenvalue weighted by molar-refractivity contribution is 7.98. The van der Waals surface area contributed by atoms with E-state index in [9.17, 15) is 29.1 Å². The number of carboxylic acid groups (broad SMARTS) is 1. The van der Waals surface area contributed by atoms with Gasteiger partial charge >= 0.3 is 5.97 Å². The van der Waals surface area contributed by atoms with E-state index in [0.717, 1.165) is 10.9 Å². The van der Waals surface area contributed by atoms with Gasteiger partial charge in [-0.25, -0.2) is 4.79 Å². The van der Waals surface area contributed by atoms with E-state index in [1.54, 1.807) is 6.20 Å². The Labute approximate surface area is 229 Å². The molecule has 0 radical (unpaired) electrons. The second-order valence-electron chi connectivity index (χ2n) is 8.66. The topological polar surface area (TPSA) is 209 Å². The highest BCUT2D eigenvalue weighted by Crippen LogP contribution is 2.19. The number of aromatic amines is 1. The second-order valence-corrected chi connectivity index (χ2v) is 10.0. The molecule has 4 unspecified atom stereocenters. The van der Waals surface area contributed by atoms with E-state index in [1.165, 1.54) is 11.8 Å². The lowest BCUT2D eigenvalue weighted by molar-refractivity contribution is -0.142. The number of carboxylic acids is 1. The number of aromatic nitrogens is 1. The van der Waals surface area contributed by atoms with Crippen molar-refractivity contribution in [2.24, 2.45) is 11.5 Å². The van der Waals surface area contributed by atoms with E-state index in [0.29, 0.717) is 17.7 Å². The summed E-state index contributed by atoms with van der Waals surface area (Å²) < 4.78 is 0. The maximum Gasteiger partial charge on any atom is 0.326 e. The number of benzene rings is 1. The molecule has 4 amide bonds. The fourth-order valence-electron chi connectivity index (χ4n) is 3.67. The van der Waals surface area contributed by atoms with Crippen molar-refractivity contribution in [3.8, 4) is 0 Å². The van der Waals surface area contributed by atoms with Crippen molar-refractivity contribution in [3.05, 3.63) is 36.0 Å². The quantitative estimate of drug-likeness (QED) is 0.124. The van der Waals surface area contributed by atoms with E-state index in [4.69, 9.17) is 11.5 Å². The van der Waals surface area contributed by atoms with Gasteiger partial charge < -0.3 is 37.5 Å². The zero-order valence-corrected chi connectivity index (χ0v) is 22.6. The normalized spacial score (nSPS) is 14.2. The average molecular weight is 567 g/mol. The molecule has 2 aromatic rings. The Morgan fingerprint density at radius 2 is 1.63 bits per heavy atom.